The minimum Gasteiger partial charge on any atom is -0.379 e. The first-order chi connectivity index (χ1) is 13.7. The summed E-state index contributed by atoms with van der Waals surface area (Å²) in [4.78, 5) is 24.0. The van der Waals surface area contributed by atoms with Crippen molar-refractivity contribution in [2.75, 3.05) is 64.5 Å². The van der Waals surface area contributed by atoms with Gasteiger partial charge in [-0.3, -0.25) is 9.69 Å². The minimum absolute atomic E-state index is 0.0984. The molecule has 1 atom stereocenters. The van der Waals surface area contributed by atoms with Crippen LogP contribution in [0.3, 0.4) is 0 Å². The summed E-state index contributed by atoms with van der Waals surface area (Å²) >= 11 is 0. The zero-order valence-corrected chi connectivity index (χ0v) is 16.9. The summed E-state index contributed by atoms with van der Waals surface area (Å²) in [5.74, 6) is 0.985. The van der Waals surface area contributed by atoms with Crippen molar-refractivity contribution < 1.29 is 14.3 Å². The Balaban J connectivity index is 1.28. The van der Waals surface area contributed by atoms with Crippen molar-refractivity contribution in [3.05, 3.63) is 23.9 Å². The molecule has 0 saturated carbocycles. The van der Waals surface area contributed by atoms with Crippen molar-refractivity contribution in [2.45, 2.75) is 37.8 Å². The largest absolute Gasteiger partial charge is 0.379 e. The number of morpholine rings is 1. The smallest absolute Gasteiger partial charge is 0.255 e. The lowest BCUT2D eigenvalue weighted by Gasteiger charge is -2.40. The zero-order valence-electron chi connectivity index (χ0n) is 16.9. The van der Waals surface area contributed by atoms with E-state index in [0.717, 1.165) is 84.0 Å². The molecule has 3 aliphatic heterocycles. The quantitative estimate of drug-likeness (QED) is 0.764. The molecular weight excluding hydrogens is 356 g/mol. The van der Waals surface area contributed by atoms with Gasteiger partial charge in [-0.2, -0.15) is 0 Å². The summed E-state index contributed by atoms with van der Waals surface area (Å²) in [6.07, 6.45) is 6.35. The molecule has 1 aromatic heterocycles. The predicted molar refractivity (Wildman–Crippen MR) is 108 cm³/mol. The van der Waals surface area contributed by atoms with Crippen LogP contribution >= 0.6 is 0 Å². The number of amides is 1. The van der Waals surface area contributed by atoms with E-state index in [4.69, 9.17) is 9.47 Å². The molecule has 3 aliphatic rings. The number of aromatic nitrogens is 1. The molecule has 3 saturated heterocycles. The lowest BCUT2D eigenvalue weighted by molar-refractivity contribution is 0.00158. The van der Waals surface area contributed by atoms with Crippen LogP contribution in [0.1, 0.15) is 36.0 Å². The van der Waals surface area contributed by atoms with E-state index in [1.54, 1.807) is 6.20 Å². The van der Waals surface area contributed by atoms with Crippen LogP contribution in [0.2, 0.25) is 0 Å². The zero-order chi connectivity index (χ0) is 19.3. The fourth-order valence-corrected chi connectivity index (χ4v) is 4.48. The molecule has 0 aliphatic carbocycles. The number of ether oxygens (including phenoxy) is 2. The number of carbonyl (C=O) groups is 1. The maximum atomic E-state index is 12.9. The molecule has 1 aromatic rings. The summed E-state index contributed by atoms with van der Waals surface area (Å²) in [6.45, 7) is 7.05. The summed E-state index contributed by atoms with van der Waals surface area (Å²) in [5.41, 5.74) is 0.680. The summed E-state index contributed by atoms with van der Waals surface area (Å²) in [6, 6.07) is 4.44. The number of piperidine rings is 1. The monoisotopic (exact) mass is 388 g/mol. The summed E-state index contributed by atoms with van der Waals surface area (Å²) in [7, 11) is 2.03. The van der Waals surface area contributed by atoms with Crippen LogP contribution in [-0.4, -0.2) is 92.4 Å². The maximum absolute atomic E-state index is 12.9. The first-order valence-corrected chi connectivity index (χ1v) is 10.6. The molecule has 154 valence electrons. The van der Waals surface area contributed by atoms with Gasteiger partial charge in [-0.1, -0.05) is 0 Å². The van der Waals surface area contributed by atoms with E-state index >= 15 is 0 Å². The Bertz CT molecular complexity index is 634. The fraction of sp³-hybridized carbons (Fsp3) is 0.714. The van der Waals surface area contributed by atoms with E-state index in [1.807, 2.05) is 24.1 Å². The lowest BCUT2D eigenvalue weighted by atomic mass is 10.0. The molecule has 0 aromatic carbocycles. The van der Waals surface area contributed by atoms with Crippen LogP contribution < -0.4 is 4.90 Å². The number of nitrogens with zero attached hydrogens (tertiary/aromatic N) is 4. The summed E-state index contributed by atoms with van der Waals surface area (Å²) < 4.78 is 11.1. The normalized spacial score (nSPS) is 24.5. The Morgan fingerprint density at radius 2 is 1.93 bits per heavy atom. The van der Waals surface area contributed by atoms with Crippen LogP contribution in [0, 0.1) is 0 Å². The van der Waals surface area contributed by atoms with Crippen LogP contribution in [0.4, 0.5) is 5.82 Å². The van der Waals surface area contributed by atoms with Crippen molar-refractivity contribution in [2.24, 2.45) is 0 Å². The molecule has 7 heteroatoms. The van der Waals surface area contributed by atoms with Gasteiger partial charge in [0.15, 0.2) is 0 Å². The number of hydrogen-bond acceptors (Lipinski definition) is 6. The Morgan fingerprint density at radius 1 is 1.14 bits per heavy atom. The molecule has 1 amide bonds. The average molecular weight is 389 g/mol. The first-order valence-electron chi connectivity index (χ1n) is 10.6. The SMILES string of the molecule is CN(C[C@H]1CCCO1)c1ccc(C(=O)N2CCC(N3CCOCC3)CC2)cn1. The molecule has 3 fully saturated rings. The molecule has 4 heterocycles. The van der Waals surface area contributed by atoms with Crippen molar-refractivity contribution in [1.29, 1.82) is 0 Å². The van der Waals surface area contributed by atoms with Gasteiger partial charge in [-0.25, -0.2) is 4.98 Å². The highest BCUT2D eigenvalue weighted by molar-refractivity contribution is 5.94. The Morgan fingerprint density at radius 3 is 2.57 bits per heavy atom. The molecule has 0 unspecified atom stereocenters. The third-order valence-electron chi connectivity index (χ3n) is 6.20. The molecule has 0 N–H and O–H groups in total. The molecule has 28 heavy (non-hydrogen) atoms. The van der Waals surface area contributed by atoms with Gasteiger partial charge in [-0.05, 0) is 37.8 Å². The van der Waals surface area contributed by atoms with E-state index in [0.29, 0.717) is 17.7 Å². The topological polar surface area (TPSA) is 58.1 Å². The third kappa shape index (κ3) is 4.64. The standard InChI is InChI=1S/C21H32N4O3/c1-23(16-19-3-2-12-28-19)20-5-4-17(15-22-20)21(26)25-8-6-18(7-9-25)24-10-13-27-14-11-24/h4-5,15,18-19H,2-3,6-14,16H2,1H3/t19-/m1/s1. The molecule has 4 rings (SSSR count). The van der Waals surface area contributed by atoms with E-state index in [-0.39, 0.29) is 5.91 Å². The van der Waals surface area contributed by atoms with Gasteiger partial charge < -0.3 is 19.3 Å². The van der Waals surface area contributed by atoms with Gasteiger partial charge in [0.05, 0.1) is 24.9 Å². The second kappa shape index (κ2) is 9.20. The highest BCUT2D eigenvalue weighted by Crippen LogP contribution is 2.21. The maximum Gasteiger partial charge on any atom is 0.255 e. The number of pyridine rings is 1. The number of likely N-dealkylation sites (tertiary alicyclic amines) is 1. The van der Waals surface area contributed by atoms with Crippen molar-refractivity contribution in [1.82, 2.24) is 14.8 Å². The van der Waals surface area contributed by atoms with Gasteiger partial charge in [0.1, 0.15) is 5.82 Å². The Kier molecular flexibility index (Phi) is 6.44. The van der Waals surface area contributed by atoms with Crippen molar-refractivity contribution in [3.63, 3.8) is 0 Å². The van der Waals surface area contributed by atoms with Gasteiger partial charge in [-0.15, -0.1) is 0 Å². The first kappa shape index (κ1) is 19.6. The lowest BCUT2D eigenvalue weighted by Crippen LogP contribution is -2.50. The number of anilines is 1. The molecular formula is C21H32N4O3. The second-order valence-electron chi connectivity index (χ2n) is 8.09. The van der Waals surface area contributed by atoms with Crippen LogP contribution in [0.15, 0.2) is 18.3 Å². The summed E-state index contributed by atoms with van der Waals surface area (Å²) in [5, 5.41) is 0. The van der Waals surface area contributed by atoms with Crippen molar-refractivity contribution >= 4 is 11.7 Å². The van der Waals surface area contributed by atoms with E-state index in [2.05, 4.69) is 14.8 Å². The Hall–Kier alpha value is -1.70. The highest BCUT2D eigenvalue weighted by atomic mass is 16.5. The average Bonchev–Trinajstić information content (AvgIpc) is 3.27. The van der Waals surface area contributed by atoms with E-state index in [9.17, 15) is 4.79 Å². The number of rotatable bonds is 5. The number of carbonyl (C=O) groups excluding carboxylic acids is 1. The van der Waals surface area contributed by atoms with Crippen LogP contribution in [0.5, 0.6) is 0 Å². The van der Waals surface area contributed by atoms with Gasteiger partial charge in [0, 0.05) is 58.6 Å². The fourth-order valence-electron chi connectivity index (χ4n) is 4.48. The highest BCUT2D eigenvalue weighted by Gasteiger charge is 2.28. The molecule has 0 radical (unpaired) electrons. The second-order valence-corrected chi connectivity index (χ2v) is 8.09. The Labute approximate surface area is 167 Å². The van der Waals surface area contributed by atoms with Crippen molar-refractivity contribution in [3.8, 4) is 0 Å². The predicted octanol–water partition coefficient (Wildman–Crippen LogP) is 1.63. The van der Waals surface area contributed by atoms with E-state index in [1.165, 1.54) is 0 Å². The van der Waals surface area contributed by atoms with Crippen LogP contribution in [-0.2, 0) is 9.47 Å². The van der Waals surface area contributed by atoms with Gasteiger partial charge in [0.25, 0.3) is 5.91 Å². The molecule has 0 bridgehead atoms. The minimum atomic E-state index is 0.0984. The van der Waals surface area contributed by atoms with Gasteiger partial charge in [0.2, 0.25) is 0 Å². The van der Waals surface area contributed by atoms with Gasteiger partial charge >= 0.3 is 0 Å². The molecule has 7 nitrogen and oxygen atoms in total. The number of likely N-dealkylation sites (N-methyl/N-ethyl adjacent to an activating group) is 1. The third-order valence-corrected chi connectivity index (χ3v) is 6.20. The van der Waals surface area contributed by atoms with E-state index < -0.39 is 0 Å². The van der Waals surface area contributed by atoms with Crippen LogP contribution in [0.25, 0.3) is 0 Å². The molecule has 0 spiro atoms. The number of hydrogen-bond donors (Lipinski definition) is 0.